The van der Waals surface area contributed by atoms with E-state index in [0.717, 1.165) is 37.1 Å². The first-order valence-electron chi connectivity index (χ1n) is 15.5. The number of fused-ring (bicyclic) bond motifs is 3. The lowest BCUT2D eigenvalue weighted by Gasteiger charge is -2.45. The van der Waals surface area contributed by atoms with Gasteiger partial charge >= 0.3 is 0 Å². The zero-order chi connectivity index (χ0) is 28.7. The Morgan fingerprint density at radius 2 is 1.67 bits per heavy atom. The van der Waals surface area contributed by atoms with Crippen LogP contribution in [0.4, 0.5) is 0 Å². The molecule has 214 valence electrons. The van der Waals surface area contributed by atoms with Crippen molar-refractivity contribution in [2.75, 3.05) is 19.6 Å². The number of hydrogen-bond acceptors (Lipinski definition) is 5. The molecule has 0 N–H and O–H groups in total. The number of rotatable bonds is 6. The summed E-state index contributed by atoms with van der Waals surface area (Å²) in [4.78, 5) is 27.2. The third-order valence-electron chi connectivity index (χ3n) is 10.4. The van der Waals surface area contributed by atoms with Gasteiger partial charge in [-0.2, -0.15) is 5.26 Å². The van der Waals surface area contributed by atoms with E-state index in [1.54, 1.807) is 18.3 Å². The van der Waals surface area contributed by atoms with Crippen molar-refractivity contribution in [1.82, 2.24) is 24.3 Å². The van der Waals surface area contributed by atoms with Crippen LogP contribution in [0, 0.1) is 18.3 Å². The molecule has 7 heteroatoms. The van der Waals surface area contributed by atoms with Crippen molar-refractivity contribution in [1.29, 1.82) is 5.26 Å². The van der Waals surface area contributed by atoms with Gasteiger partial charge in [0, 0.05) is 37.4 Å². The van der Waals surface area contributed by atoms with Gasteiger partial charge in [-0.3, -0.25) is 9.69 Å². The lowest BCUT2D eigenvalue weighted by atomic mass is 9.70. The van der Waals surface area contributed by atoms with E-state index < -0.39 is 0 Å². The molecule has 4 aromatic rings. The zero-order valence-electron chi connectivity index (χ0n) is 24.3. The summed E-state index contributed by atoms with van der Waals surface area (Å²) in [5.41, 5.74) is 4.41. The highest BCUT2D eigenvalue weighted by Crippen LogP contribution is 2.45. The number of nitrogens with zero attached hydrogens (tertiary/aromatic N) is 6. The average Bonchev–Trinajstić information content (AvgIpc) is 3.50. The Labute approximate surface area is 247 Å². The summed E-state index contributed by atoms with van der Waals surface area (Å²) in [6.45, 7) is 4.60. The summed E-state index contributed by atoms with van der Waals surface area (Å²) >= 11 is 0. The third kappa shape index (κ3) is 4.68. The molecule has 3 saturated heterocycles. The van der Waals surface area contributed by atoms with E-state index in [1.807, 2.05) is 4.90 Å². The van der Waals surface area contributed by atoms with Gasteiger partial charge in [0.25, 0.3) is 5.91 Å². The standard InChI is InChI=1S/C35H38N6O/c1-25-38-31-11-5-6-12-32(31)41(25)30-22-28-13-14-29(23-30)40(28)21-17-35(27-9-3-2-4-10-27)15-19-39(20-16-35)34(42)33-26(24-36)8-7-18-37-33/h2-12,18,28-30H,13-17,19-23H2,1H3/t28-,29+,30+. The number of piperidine rings is 2. The van der Waals surface area contributed by atoms with Crippen molar-refractivity contribution in [2.24, 2.45) is 0 Å². The molecule has 2 bridgehead atoms. The smallest absolute Gasteiger partial charge is 0.273 e. The average molecular weight is 559 g/mol. The van der Waals surface area contributed by atoms with Crippen LogP contribution in [0.5, 0.6) is 0 Å². The molecule has 3 atom stereocenters. The highest BCUT2D eigenvalue weighted by Gasteiger charge is 2.44. The molecular formula is C35H38N6O. The van der Waals surface area contributed by atoms with Crippen molar-refractivity contribution in [3.8, 4) is 6.07 Å². The highest BCUT2D eigenvalue weighted by molar-refractivity contribution is 5.94. The number of para-hydroxylation sites is 2. The lowest BCUT2D eigenvalue weighted by Crippen LogP contribution is -2.49. The number of imidazole rings is 1. The van der Waals surface area contributed by atoms with Crippen molar-refractivity contribution >= 4 is 16.9 Å². The maximum Gasteiger partial charge on any atom is 0.273 e. The Bertz CT molecular complexity index is 1620. The number of carbonyl (C=O) groups excluding carboxylic acids is 1. The fourth-order valence-electron chi connectivity index (χ4n) is 8.22. The van der Waals surface area contributed by atoms with Gasteiger partial charge in [-0.1, -0.05) is 42.5 Å². The van der Waals surface area contributed by atoms with Crippen molar-refractivity contribution < 1.29 is 4.79 Å². The normalized spacial score (nSPS) is 23.6. The van der Waals surface area contributed by atoms with Gasteiger partial charge < -0.3 is 9.47 Å². The van der Waals surface area contributed by atoms with Crippen LogP contribution < -0.4 is 0 Å². The minimum atomic E-state index is -0.128. The Kier molecular flexibility index (Phi) is 7.03. The van der Waals surface area contributed by atoms with Gasteiger partial charge in [-0.25, -0.2) is 9.97 Å². The highest BCUT2D eigenvalue weighted by atomic mass is 16.2. The molecule has 0 radical (unpaired) electrons. The molecule has 2 aromatic heterocycles. The molecule has 0 aliphatic carbocycles. The fraction of sp³-hybridized carbons (Fsp3) is 0.429. The largest absolute Gasteiger partial charge is 0.337 e. The molecule has 3 aliphatic heterocycles. The van der Waals surface area contributed by atoms with E-state index in [9.17, 15) is 10.1 Å². The molecule has 0 saturated carbocycles. The van der Waals surface area contributed by atoms with Crippen LogP contribution in [-0.2, 0) is 5.41 Å². The molecule has 0 spiro atoms. The summed E-state index contributed by atoms with van der Waals surface area (Å²) in [7, 11) is 0. The summed E-state index contributed by atoms with van der Waals surface area (Å²) < 4.78 is 2.51. The van der Waals surface area contributed by atoms with Crippen LogP contribution in [0.15, 0.2) is 72.9 Å². The summed E-state index contributed by atoms with van der Waals surface area (Å²) in [6.07, 6.45) is 9.45. The van der Waals surface area contributed by atoms with Gasteiger partial charge in [-0.05, 0) is 93.7 Å². The SMILES string of the molecule is Cc1nc2ccccc2n1[C@H]1C[C@H]2CC[C@@H](C1)N2CCC1(c2ccccc2)CCN(C(=O)c2ncccc2C#N)CC1. The van der Waals surface area contributed by atoms with E-state index in [1.165, 1.54) is 36.8 Å². The van der Waals surface area contributed by atoms with E-state index in [-0.39, 0.29) is 17.0 Å². The molecule has 7 nitrogen and oxygen atoms in total. The Morgan fingerprint density at radius 1 is 0.952 bits per heavy atom. The van der Waals surface area contributed by atoms with E-state index in [2.05, 4.69) is 82.0 Å². The molecule has 0 unspecified atom stereocenters. The van der Waals surface area contributed by atoms with Crippen molar-refractivity contribution in [2.45, 2.75) is 75.4 Å². The second-order valence-electron chi connectivity index (χ2n) is 12.5. The molecule has 42 heavy (non-hydrogen) atoms. The molecule has 5 heterocycles. The number of pyridine rings is 1. The number of hydrogen-bond donors (Lipinski definition) is 0. The van der Waals surface area contributed by atoms with Crippen molar-refractivity contribution in [3.63, 3.8) is 0 Å². The maximum atomic E-state index is 13.4. The van der Waals surface area contributed by atoms with Gasteiger partial charge in [0.15, 0.2) is 0 Å². The van der Waals surface area contributed by atoms with Crippen molar-refractivity contribution in [3.05, 3.63) is 95.6 Å². The molecule has 3 fully saturated rings. The van der Waals surface area contributed by atoms with Crippen LogP contribution in [-0.4, -0.2) is 62.0 Å². The van der Waals surface area contributed by atoms with Gasteiger partial charge in [0.2, 0.25) is 0 Å². The van der Waals surface area contributed by atoms with E-state index in [4.69, 9.17) is 4.98 Å². The summed E-state index contributed by atoms with van der Waals surface area (Å²) in [6, 6.07) is 26.7. The number of benzene rings is 2. The number of carbonyl (C=O) groups is 1. The molecule has 2 aromatic carbocycles. The second kappa shape index (κ2) is 11.0. The Morgan fingerprint density at radius 3 is 2.40 bits per heavy atom. The van der Waals surface area contributed by atoms with Crippen LogP contribution in [0.2, 0.25) is 0 Å². The topological polar surface area (TPSA) is 78.1 Å². The number of nitriles is 1. The van der Waals surface area contributed by atoms with Gasteiger partial charge in [-0.15, -0.1) is 0 Å². The van der Waals surface area contributed by atoms with E-state index in [0.29, 0.717) is 36.8 Å². The minimum absolute atomic E-state index is 0.0354. The molecular weight excluding hydrogens is 520 g/mol. The Hall–Kier alpha value is -4.02. The quantitative estimate of drug-likeness (QED) is 0.288. The van der Waals surface area contributed by atoms with Gasteiger partial charge in [0.1, 0.15) is 17.6 Å². The number of amides is 1. The molecule has 3 aliphatic rings. The summed E-state index contributed by atoms with van der Waals surface area (Å²) in [5.74, 6) is 1.00. The van der Waals surface area contributed by atoms with Gasteiger partial charge in [0.05, 0.1) is 16.6 Å². The van der Waals surface area contributed by atoms with Crippen LogP contribution in [0.25, 0.3) is 11.0 Å². The first-order valence-corrected chi connectivity index (χ1v) is 15.5. The lowest BCUT2D eigenvalue weighted by molar-refractivity contribution is 0.0601. The molecule has 7 rings (SSSR count). The predicted octanol–water partition coefficient (Wildman–Crippen LogP) is 6.04. The van der Waals surface area contributed by atoms with Crippen LogP contribution >= 0.6 is 0 Å². The fourth-order valence-corrected chi connectivity index (χ4v) is 8.22. The number of aromatic nitrogens is 3. The predicted molar refractivity (Wildman–Crippen MR) is 163 cm³/mol. The third-order valence-corrected chi connectivity index (χ3v) is 10.4. The summed E-state index contributed by atoms with van der Waals surface area (Å²) in [5, 5.41) is 9.50. The first-order chi connectivity index (χ1) is 20.6. The van der Waals surface area contributed by atoms with Crippen LogP contribution in [0.1, 0.15) is 78.4 Å². The molecule has 1 amide bonds. The Balaban J connectivity index is 1.07. The number of likely N-dealkylation sites (tertiary alicyclic amines) is 1. The maximum absolute atomic E-state index is 13.4. The van der Waals surface area contributed by atoms with Crippen LogP contribution in [0.3, 0.4) is 0 Å². The first kappa shape index (κ1) is 26.9. The monoisotopic (exact) mass is 558 g/mol. The second-order valence-corrected chi connectivity index (χ2v) is 12.5. The van der Waals surface area contributed by atoms with E-state index >= 15 is 0 Å². The minimum Gasteiger partial charge on any atom is -0.337 e. The zero-order valence-corrected chi connectivity index (χ0v) is 24.3. The number of aryl methyl sites for hydroxylation is 1.